The average Bonchev–Trinajstić information content (AvgIpc) is 2.21. The Hall–Kier alpha value is -0.610. The Morgan fingerprint density at radius 3 is 2.60 bits per heavy atom. The lowest BCUT2D eigenvalue weighted by molar-refractivity contribution is -0.127. The first-order chi connectivity index (χ1) is 7.10. The van der Waals surface area contributed by atoms with Gasteiger partial charge in [0.25, 0.3) is 0 Å². The lowest BCUT2D eigenvalue weighted by Gasteiger charge is -2.17. The molecule has 0 fully saturated rings. The van der Waals surface area contributed by atoms with Crippen molar-refractivity contribution in [3.8, 4) is 0 Å². The van der Waals surface area contributed by atoms with Crippen LogP contribution in [0.1, 0.15) is 40.0 Å². The molecule has 0 heterocycles. The summed E-state index contributed by atoms with van der Waals surface area (Å²) in [4.78, 5) is 11.4. The lowest BCUT2D eigenvalue weighted by atomic mass is 10.1. The van der Waals surface area contributed by atoms with E-state index in [0.29, 0.717) is 6.54 Å². The van der Waals surface area contributed by atoms with Gasteiger partial charge in [-0.1, -0.05) is 19.8 Å². The lowest BCUT2D eigenvalue weighted by Crippen LogP contribution is -2.42. The van der Waals surface area contributed by atoms with E-state index in [1.54, 1.807) is 0 Å². The molecule has 0 aliphatic heterocycles. The van der Waals surface area contributed by atoms with Crippen molar-refractivity contribution >= 4 is 5.91 Å². The van der Waals surface area contributed by atoms with Crippen LogP contribution in [-0.2, 0) is 9.53 Å². The molecule has 0 aliphatic rings. The fourth-order valence-electron chi connectivity index (χ4n) is 1.21. The minimum atomic E-state index is -0.0738. The van der Waals surface area contributed by atoms with Crippen molar-refractivity contribution in [1.82, 2.24) is 5.32 Å². The Kier molecular flexibility index (Phi) is 8.33. The quantitative estimate of drug-likeness (QED) is 0.637. The summed E-state index contributed by atoms with van der Waals surface area (Å²) in [7, 11) is 0. The minimum Gasteiger partial charge on any atom is -0.369 e. The average molecular weight is 216 g/mol. The van der Waals surface area contributed by atoms with Gasteiger partial charge in [-0.15, -0.1) is 0 Å². The molecule has 90 valence electrons. The molecule has 0 aromatic heterocycles. The van der Waals surface area contributed by atoms with Gasteiger partial charge in [0.2, 0.25) is 5.91 Å². The maximum atomic E-state index is 11.4. The van der Waals surface area contributed by atoms with Crippen LogP contribution in [0, 0.1) is 0 Å². The summed E-state index contributed by atoms with van der Waals surface area (Å²) < 4.78 is 5.20. The molecule has 0 radical (unpaired) electrons. The molecule has 15 heavy (non-hydrogen) atoms. The monoisotopic (exact) mass is 216 g/mol. The maximum Gasteiger partial charge on any atom is 0.246 e. The second-order valence-electron chi connectivity index (χ2n) is 4.00. The summed E-state index contributed by atoms with van der Waals surface area (Å²) >= 11 is 0. The van der Waals surface area contributed by atoms with E-state index in [-0.39, 0.29) is 24.7 Å². The van der Waals surface area contributed by atoms with E-state index < -0.39 is 0 Å². The third kappa shape index (κ3) is 8.39. The number of rotatable bonds is 8. The largest absolute Gasteiger partial charge is 0.369 e. The highest BCUT2D eigenvalue weighted by Crippen LogP contribution is 1.99. The number of hydrogen-bond donors (Lipinski definition) is 2. The zero-order valence-electron chi connectivity index (χ0n) is 10.1. The SMILES string of the molecule is CCCCC(CN)NC(=O)COC(C)C. The fraction of sp³-hybridized carbons (Fsp3) is 0.909. The van der Waals surface area contributed by atoms with Gasteiger partial charge in [0.05, 0.1) is 6.10 Å². The summed E-state index contributed by atoms with van der Waals surface area (Å²) in [6, 6.07) is 0.0909. The molecule has 4 nitrogen and oxygen atoms in total. The highest BCUT2D eigenvalue weighted by molar-refractivity contribution is 5.77. The molecule has 1 amide bonds. The van der Waals surface area contributed by atoms with Crippen molar-refractivity contribution in [3.63, 3.8) is 0 Å². The summed E-state index contributed by atoms with van der Waals surface area (Å²) in [6.07, 6.45) is 3.24. The molecule has 0 saturated carbocycles. The van der Waals surface area contributed by atoms with Gasteiger partial charge in [-0.2, -0.15) is 0 Å². The van der Waals surface area contributed by atoms with E-state index in [1.165, 1.54) is 0 Å². The van der Waals surface area contributed by atoms with E-state index >= 15 is 0 Å². The summed E-state index contributed by atoms with van der Waals surface area (Å²) in [6.45, 7) is 6.56. The number of hydrogen-bond acceptors (Lipinski definition) is 3. The van der Waals surface area contributed by atoms with Crippen molar-refractivity contribution in [3.05, 3.63) is 0 Å². The third-order valence-corrected chi connectivity index (χ3v) is 2.10. The van der Waals surface area contributed by atoms with Gasteiger partial charge in [-0.3, -0.25) is 4.79 Å². The van der Waals surface area contributed by atoms with E-state index in [2.05, 4.69) is 12.2 Å². The van der Waals surface area contributed by atoms with Crippen LogP contribution in [0.15, 0.2) is 0 Å². The van der Waals surface area contributed by atoms with E-state index in [0.717, 1.165) is 19.3 Å². The smallest absolute Gasteiger partial charge is 0.246 e. The van der Waals surface area contributed by atoms with Crippen LogP contribution in [0.3, 0.4) is 0 Å². The Morgan fingerprint density at radius 1 is 1.47 bits per heavy atom. The fourth-order valence-corrected chi connectivity index (χ4v) is 1.21. The Labute approximate surface area is 92.6 Å². The van der Waals surface area contributed by atoms with Crippen LogP contribution in [0.25, 0.3) is 0 Å². The maximum absolute atomic E-state index is 11.4. The minimum absolute atomic E-state index is 0.0738. The molecule has 0 aromatic rings. The molecule has 4 heteroatoms. The van der Waals surface area contributed by atoms with Crippen molar-refractivity contribution in [2.24, 2.45) is 5.73 Å². The predicted molar refractivity (Wildman–Crippen MR) is 61.6 cm³/mol. The van der Waals surface area contributed by atoms with Gasteiger partial charge in [0.1, 0.15) is 6.61 Å². The van der Waals surface area contributed by atoms with Gasteiger partial charge in [0, 0.05) is 12.6 Å². The first kappa shape index (κ1) is 14.4. The number of nitrogens with two attached hydrogens (primary N) is 1. The van der Waals surface area contributed by atoms with Gasteiger partial charge in [0.15, 0.2) is 0 Å². The standard InChI is InChI=1S/C11H24N2O2/c1-4-5-6-10(7-12)13-11(14)8-15-9(2)3/h9-10H,4-8,12H2,1-3H3,(H,13,14). The highest BCUT2D eigenvalue weighted by atomic mass is 16.5. The summed E-state index contributed by atoms with van der Waals surface area (Å²) in [5, 5.41) is 2.87. The number of ether oxygens (including phenoxy) is 1. The molecule has 0 spiro atoms. The second-order valence-corrected chi connectivity index (χ2v) is 4.00. The number of carbonyl (C=O) groups excluding carboxylic acids is 1. The molecule has 1 atom stereocenters. The van der Waals surface area contributed by atoms with Crippen LogP contribution < -0.4 is 11.1 Å². The van der Waals surface area contributed by atoms with E-state index in [1.807, 2.05) is 13.8 Å². The molecule has 0 aromatic carbocycles. The van der Waals surface area contributed by atoms with E-state index in [4.69, 9.17) is 10.5 Å². The number of unbranched alkanes of at least 4 members (excludes halogenated alkanes) is 1. The Balaban J connectivity index is 3.70. The molecule has 1 unspecified atom stereocenters. The molecular formula is C11H24N2O2. The van der Waals surface area contributed by atoms with Crippen LogP contribution >= 0.6 is 0 Å². The number of amides is 1. The van der Waals surface area contributed by atoms with Gasteiger partial charge >= 0.3 is 0 Å². The number of nitrogens with one attached hydrogen (secondary N) is 1. The molecule has 0 rings (SSSR count). The van der Waals surface area contributed by atoms with Gasteiger partial charge < -0.3 is 15.8 Å². The van der Waals surface area contributed by atoms with Gasteiger partial charge in [-0.05, 0) is 20.3 Å². The van der Waals surface area contributed by atoms with Crippen LogP contribution in [0.2, 0.25) is 0 Å². The Morgan fingerprint density at radius 2 is 2.13 bits per heavy atom. The van der Waals surface area contributed by atoms with Gasteiger partial charge in [-0.25, -0.2) is 0 Å². The molecular weight excluding hydrogens is 192 g/mol. The van der Waals surface area contributed by atoms with Crippen LogP contribution in [-0.4, -0.2) is 31.2 Å². The van der Waals surface area contributed by atoms with Crippen molar-refractivity contribution < 1.29 is 9.53 Å². The molecule has 3 N–H and O–H groups in total. The molecule has 0 aliphatic carbocycles. The van der Waals surface area contributed by atoms with Crippen LogP contribution in [0.5, 0.6) is 0 Å². The van der Waals surface area contributed by atoms with Crippen LogP contribution in [0.4, 0.5) is 0 Å². The van der Waals surface area contributed by atoms with E-state index in [9.17, 15) is 4.79 Å². The topological polar surface area (TPSA) is 64.3 Å². The first-order valence-corrected chi connectivity index (χ1v) is 5.71. The molecule has 0 bridgehead atoms. The molecule has 0 saturated heterocycles. The first-order valence-electron chi connectivity index (χ1n) is 5.71. The zero-order chi connectivity index (χ0) is 11.7. The summed E-state index contributed by atoms with van der Waals surface area (Å²) in [5.74, 6) is -0.0738. The normalized spacial score (nSPS) is 12.9. The van der Waals surface area contributed by atoms with Crippen molar-refractivity contribution in [2.75, 3.05) is 13.2 Å². The number of carbonyl (C=O) groups is 1. The van der Waals surface area contributed by atoms with Crippen molar-refractivity contribution in [1.29, 1.82) is 0 Å². The third-order valence-electron chi connectivity index (χ3n) is 2.10. The highest BCUT2D eigenvalue weighted by Gasteiger charge is 2.10. The zero-order valence-corrected chi connectivity index (χ0v) is 10.1. The van der Waals surface area contributed by atoms with Crippen molar-refractivity contribution in [2.45, 2.75) is 52.2 Å². The summed E-state index contributed by atoms with van der Waals surface area (Å²) in [5.41, 5.74) is 5.56. The Bertz CT molecular complexity index is 172. The second kappa shape index (κ2) is 8.68. The predicted octanol–water partition coefficient (Wildman–Crippen LogP) is 1.05.